The van der Waals surface area contributed by atoms with Gasteiger partial charge in [-0.05, 0) is 30.7 Å². The second-order valence-electron chi connectivity index (χ2n) is 4.63. The second kappa shape index (κ2) is 6.54. The average molecular weight is 337 g/mol. The Morgan fingerprint density at radius 2 is 1.92 bits per heavy atom. The first-order valence-electron chi connectivity index (χ1n) is 6.48. The number of alkyl halides is 3. The summed E-state index contributed by atoms with van der Waals surface area (Å²) in [5, 5.41) is 15.0. The van der Waals surface area contributed by atoms with Crippen molar-refractivity contribution in [3.8, 4) is 17.6 Å². The molecule has 0 aliphatic carbocycles. The monoisotopic (exact) mass is 337 g/mol. The highest BCUT2D eigenvalue weighted by Crippen LogP contribution is 2.33. The minimum Gasteiger partial charge on any atom is -0.464 e. The molecule has 24 heavy (non-hydrogen) atoms. The molecule has 0 radical (unpaired) electrons. The van der Waals surface area contributed by atoms with Gasteiger partial charge in [-0.15, -0.1) is 10.2 Å². The zero-order valence-corrected chi connectivity index (χ0v) is 12.5. The van der Waals surface area contributed by atoms with Crippen LogP contribution in [-0.2, 0) is 10.9 Å². The number of aromatic nitrogens is 2. The van der Waals surface area contributed by atoms with Crippen LogP contribution in [-0.4, -0.2) is 23.3 Å². The number of aryl methyl sites for hydroxylation is 1. The lowest BCUT2D eigenvalue weighted by molar-refractivity contribution is -0.141. The molecule has 0 aliphatic heterocycles. The maximum absolute atomic E-state index is 12.8. The van der Waals surface area contributed by atoms with Gasteiger partial charge in [-0.25, -0.2) is 4.79 Å². The van der Waals surface area contributed by atoms with Crippen molar-refractivity contribution in [2.24, 2.45) is 0 Å². The maximum atomic E-state index is 12.8. The number of halogens is 3. The van der Waals surface area contributed by atoms with Crippen LogP contribution in [0.2, 0.25) is 0 Å². The number of benzene rings is 1. The molecule has 0 N–H and O–H groups in total. The van der Waals surface area contributed by atoms with E-state index in [9.17, 15) is 18.0 Å². The SMILES string of the molecule is COC(=O)c1nnc(C(F)(F)F)cc1Oc1ccc(C#N)cc1C. The summed E-state index contributed by atoms with van der Waals surface area (Å²) in [5.74, 6) is -1.27. The van der Waals surface area contributed by atoms with Crippen molar-refractivity contribution in [3.63, 3.8) is 0 Å². The second-order valence-corrected chi connectivity index (χ2v) is 4.63. The Hall–Kier alpha value is -3.15. The predicted octanol–water partition coefficient (Wildman–Crippen LogP) is 3.25. The summed E-state index contributed by atoms with van der Waals surface area (Å²) < 4.78 is 48.2. The zero-order chi connectivity index (χ0) is 17.9. The third-order valence-electron chi connectivity index (χ3n) is 2.95. The van der Waals surface area contributed by atoms with Crippen molar-refractivity contribution in [1.82, 2.24) is 10.2 Å². The van der Waals surface area contributed by atoms with E-state index >= 15 is 0 Å². The van der Waals surface area contributed by atoms with E-state index in [1.54, 1.807) is 6.92 Å². The van der Waals surface area contributed by atoms with Crippen LogP contribution in [0.1, 0.15) is 27.3 Å². The Bertz CT molecular complexity index is 829. The lowest BCUT2D eigenvalue weighted by Crippen LogP contribution is -2.14. The van der Waals surface area contributed by atoms with E-state index < -0.39 is 29.3 Å². The number of methoxy groups -OCH3 is 1. The van der Waals surface area contributed by atoms with Gasteiger partial charge in [-0.3, -0.25) is 0 Å². The van der Waals surface area contributed by atoms with Gasteiger partial charge in [-0.2, -0.15) is 18.4 Å². The summed E-state index contributed by atoms with van der Waals surface area (Å²) in [7, 11) is 1.05. The van der Waals surface area contributed by atoms with Crippen LogP contribution in [0.3, 0.4) is 0 Å². The number of ether oxygens (including phenoxy) is 2. The van der Waals surface area contributed by atoms with Crippen LogP contribution < -0.4 is 4.74 Å². The molecule has 0 amide bonds. The lowest BCUT2D eigenvalue weighted by atomic mass is 10.1. The Morgan fingerprint density at radius 1 is 1.21 bits per heavy atom. The fraction of sp³-hybridized carbons (Fsp3) is 0.200. The summed E-state index contributed by atoms with van der Waals surface area (Å²) >= 11 is 0. The normalized spacial score (nSPS) is 10.8. The highest BCUT2D eigenvalue weighted by Gasteiger charge is 2.35. The number of nitrogens with zero attached hydrogens (tertiary/aromatic N) is 3. The summed E-state index contributed by atoms with van der Waals surface area (Å²) in [5.41, 5.74) is -0.946. The predicted molar refractivity (Wildman–Crippen MR) is 74.3 cm³/mol. The maximum Gasteiger partial charge on any atom is 0.435 e. The Kier molecular flexibility index (Phi) is 4.69. The fourth-order valence-electron chi connectivity index (χ4n) is 1.78. The molecule has 0 fully saturated rings. The van der Waals surface area contributed by atoms with E-state index in [4.69, 9.17) is 10.00 Å². The van der Waals surface area contributed by atoms with Gasteiger partial charge >= 0.3 is 12.1 Å². The standard InChI is InChI=1S/C15H10F3N3O3/c1-8-5-9(7-19)3-4-10(8)24-11-6-12(15(16,17)18)20-21-13(11)14(22)23-2/h3-6H,1-2H3. The summed E-state index contributed by atoms with van der Waals surface area (Å²) in [4.78, 5) is 11.6. The van der Waals surface area contributed by atoms with Crippen LogP contribution in [0.4, 0.5) is 13.2 Å². The summed E-state index contributed by atoms with van der Waals surface area (Å²) in [6, 6.07) is 6.82. The molecule has 0 atom stereocenters. The van der Waals surface area contributed by atoms with Crippen LogP contribution in [0.5, 0.6) is 11.5 Å². The van der Waals surface area contributed by atoms with Gasteiger partial charge in [-0.1, -0.05) is 0 Å². The summed E-state index contributed by atoms with van der Waals surface area (Å²) in [6.07, 6.45) is -4.75. The molecule has 0 saturated carbocycles. The van der Waals surface area contributed by atoms with Crippen molar-refractivity contribution in [3.05, 3.63) is 46.8 Å². The molecule has 1 aromatic carbocycles. The molecule has 0 aliphatic rings. The number of hydrogen-bond donors (Lipinski definition) is 0. The lowest BCUT2D eigenvalue weighted by Gasteiger charge is -2.13. The largest absolute Gasteiger partial charge is 0.464 e. The Morgan fingerprint density at radius 3 is 2.46 bits per heavy atom. The molecule has 2 rings (SSSR count). The molecular formula is C15H10F3N3O3. The van der Waals surface area contributed by atoms with Gasteiger partial charge in [0, 0.05) is 6.07 Å². The summed E-state index contributed by atoms with van der Waals surface area (Å²) in [6.45, 7) is 1.60. The van der Waals surface area contributed by atoms with Gasteiger partial charge in [0.25, 0.3) is 0 Å². The van der Waals surface area contributed by atoms with Gasteiger partial charge in [0.15, 0.2) is 11.4 Å². The van der Waals surface area contributed by atoms with Crippen LogP contribution in [0.25, 0.3) is 0 Å². The number of nitriles is 1. The van der Waals surface area contributed by atoms with E-state index in [0.29, 0.717) is 17.2 Å². The van der Waals surface area contributed by atoms with Crippen molar-refractivity contribution in [1.29, 1.82) is 5.26 Å². The topological polar surface area (TPSA) is 85.1 Å². The molecule has 0 spiro atoms. The number of carbonyl (C=O) groups excluding carboxylic acids is 1. The van der Waals surface area contributed by atoms with E-state index in [0.717, 1.165) is 7.11 Å². The number of hydrogen-bond acceptors (Lipinski definition) is 6. The highest BCUT2D eigenvalue weighted by molar-refractivity contribution is 5.90. The highest BCUT2D eigenvalue weighted by atomic mass is 19.4. The molecule has 0 unspecified atom stereocenters. The van der Waals surface area contributed by atoms with E-state index in [2.05, 4.69) is 14.9 Å². The zero-order valence-electron chi connectivity index (χ0n) is 12.5. The quantitative estimate of drug-likeness (QED) is 0.799. The van der Waals surface area contributed by atoms with Gasteiger partial charge in [0.1, 0.15) is 5.75 Å². The van der Waals surface area contributed by atoms with Crippen molar-refractivity contribution in [2.75, 3.05) is 7.11 Å². The third kappa shape index (κ3) is 3.60. The number of rotatable bonds is 3. The first kappa shape index (κ1) is 17.2. The Balaban J connectivity index is 2.50. The first-order chi connectivity index (χ1) is 11.3. The molecule has 0 saturated heterocycles. The fourth-order valence-corrected chi connectivity index (χ4v) is 1.78. The first-order valence-corrected chi connectivity index (χ1v) is 6.48. The minimum absolute atomic E-state index is 0.167. The molecule has 2 aromatic rings. The molecule has 124 valence electrons. The van der Waals surface area contributed by atoms with Gasteiger partial charge in [0.05, 0.1) is 18.7 Å². The minimum atomic E-state index is -4.75. The smallest absolute Gasteiger partial charge is 0.435 e. The van der Waals surface area contributed by atoms with Crippen LogP contribution in [0, 0.1) is 18.3 Å². The molecule has 0 bridgehead atoms. The van der Waals surface area contributed by atoms with Crippen LogP contribution >= 0.6 is 0 Å². The van der Waals surface area contributed by atoms with E-state index in [1.807, 2.05) is 6.07 Å². The van der Waals surface area contributed by atoms with Crippen LogP contribution in [0.15, 0.2) is 24.3 Å². The van der Waals surface area contributed by atoms with Crippen molar-refractivity contribution < 1.29 is 27.4 Å². The molecule has 9 heteroatoms. The third-order valence-corrected chi connectivity index (χ3v) is 2.95. The van der Waals surface area contributed by atoms with Gasteiger partial charge in [0.2, 0.25) is 5.69 Å². The average Bonchev–Trinajstić information content (AvgIpc) is 2.55. The van der Waals surface area contributed by atoms with Gasteiger partial charge < -0.3 is 9.47 Å². The van der Waals surface area contributed by atoms with E-state index in [-0.39, 0.29) is 5.75 Å². The van der Waals surface area contributed by atoms with Crippen molar-refractivity contribution >= 4 is 5.97 Å². The van der Waals surface area contributed by atoms with E-state index in [1.165, 1.54) is 18.2 Å². The molecule has 1 aromatic heterocycles. The molecular weight excluding hydrogens is 327 g/mol. The number of carbonyl (C=O) groups is 1. The Labute approximate surface area is 134 Å². The number of esters is 1. The molecule has 6 nitrogen and oxygen atoms in total. The molecule has 1 heterocycles. The van der Waals surface area contributed by atoms with Crippen molar-refractivity contribution in [2.45, 2.75) is 13.1 Å².